The maximum absolute atomic E-state index is 12.1. The van der Waals surface area contributed by atoms with Gasteiger partial charge in [-0.3, -0.25) is 9.59 Å². The molecular formula is C23H23N3O3. The van der Waals surface area contributed by atoms with Gasteiger partial charge in [-0.15, -0.1) is 0 Å². The monoisotopic (exact) mass is 389 g/mol. The van der Waals surface area contributed by atoms with Crippen molar-refractivity contribution < 1.29 is 14.7 Å². The Kier molecular flexibility index (Phi) is 6.24. The van der Waals surface area contributed by atoms with Crippen LogP contribution in [0.5, 0.6) is 5.75 Å². The predicted octanol–water partition coefficient (Wildman–Crippen LogP) is 4.03. The number of amides is 2. The van der Waals surface area contributed by atoms with E-state index in [9.17, 15) is 14.7 Å². The van der Waals surface area contributed by atoms with Gasteiger partial charge in [0, 0.05) is 24.1 Å². The summed E-state index contributed by atoms with van der Waals surface area (Å²) in [6.45, 7) is 3.87. The van der Waals surface area contributed by atoms with Crippen molar-refractivity contribution >= 4 is 34.5 Å². The van der Waals surface area contributed by atoms with Crippen LogP contribution in [-0.2, 0) is 9.59 Å². The van der Waals surface area contributed by atoms with E-state index >= 15 is 0 Å². The summed E-state index contributed by atoms with van der Waals surface area (Å²) in [5.41, 5.74) is 5.69. The third-order valence-electron chi connectivity index (χ3n) is 4.58. The third-order valence-corrected chi connectivity index (χ3v) is 4.58. The fourth-order valence-electron chi connectivity index (χ4n) is 2.95. The molecule has 0 fully saturated rings. The average molecular weight is 389 g/mol. The molecule has 6 nitrogen and oxygen atoms in total. The molecule has 0 saturated heterocycles. The van der Waals surface area contributed by atoms with Crippen LogP contribution in [0, 0.1) is 13.8 Å². The number of carbonyl (C=O) groups excluding carboxylic acids is 2. The van der Waals surface area contributed by atoms with E-state index in [2.05, 4.69) is 15.8 Å². The molecule has 148 valence electrons. The van der Waals surface area contributed by atoms with Crippen molar-refractivity contribution in [1.29, 1.82) is 0 Å². The normalized spacial score (nSPS) is 11.0. The number of phenols is 1. The van der Waals surface area contributed by atoms with Crippen molar-refractivity contribution in [2.24, 2.45) is 5.10 Å². The summed E-state index contributed by atoms with van der Waals surface area (Å²) in [5, 5.41) is 18.6. The number of benzene rings is 3. The molecule has 0 heterocycles. The van der Waals surface area contributed by atoms with Gasteiger partial charge in [-0.05, 0) is 47.9 Å². The molecule has 0 aliphatic rings. The van der Waals surface area contributed by atoms with Crippen molar-refractivity contribution in [1.82, 2.24) is 5.43 Å². The summed E-state index contributed by atoms with van der Waals surface area (Å²) in [5.74, 6) is -0.531. The van der Waals surface area contributed by atoms with E-state index in [1.807, 2.05) is 62.4 Å². The van der Waals surface area contributed by atoms with Crippen LogP contribution in [0.2, 0.25) is 0 Å². The Morgan fingerprint density at radius 2 is 1.76 bits per heavy atom. The van der Waals surface area contributed by atoms with Crippen LogP contribution < -0.4 is 10.7 Å². The second-order valence-corrected chi connectivity index (χ2v) is 6.88. The van der Waals surface area contributed by atoms with Crippen LogP contribution in [0.15, 0.2) is 59.7 Å². The fraction of sp³-hybridized carbons (Fsp3) is 0.174. The SMILES string of the molecule is Cc1ccc(C)c(NC(=O)CCC(=O)N/N=C/c2c(O)ccc3ccccc23)c1. The lowest BCUT2D eigenvalue weighted by Crippen LogP contribution is -2.21. The first kappa shape index (κ1) is 20.1. The number of nitrogens with zero attached hydrogens (tertiary/aromatic N) is 1. The number of nitrogens with one attached hydrogen (secondary N) is 2. The van der Waals surface area contributed by atoms with Gasteiger partial charge in [0.15, 0.2) is 0 Å². The highest BCUT2D eigenvalue weighted by Crippen LogP contribution is 2.25. The largest absolute Gasteiger partial charge is 0.507 e. The zero-order chi connectivity index (χ0) is 20.8. The van der Waals surface area contributed by atoms with Gasteiger partial charge in [0.05, 0.1) is 6.21 Å². The van der Waals surface area contributed by atoms with Crippen LogP contribution >= 0.6 is 0 Å². The number of hydrazone groups is 1. The van der Waals surface area contributed by atoms with Crippen molar-refractivity contribution in [2.75, 3.05) is 5.32 Å². The van der Waals surface area contributed by atoms with Gasteiger partial charge >= 0.3 is 0 Å². The molecule has 0 aromatic heterocycles. The lowest BCUT2D eigenvalue weighted by Gasteiger charge is -2.09. The number of aromatic hydroxyl groups is 1. The highest BCUT2D eigenvalue weighted by molar-refractivity contribution is 6.02. The van der Waals surface area contributed by atoms with E-state index < -0.39 is 0 Å². The topological polar surface area (TPSA) is 90.8 Å². The number of anilines is 1. The summed E-state index contributed by atoms with van der Waals surface area (Å²) >= 11 is 0. The Morgan fingerprint density at radius 3 is 2.59 bits per heavy atom. The number of aryl methyl sites for hydroxylation is 2. The lowest BCUT2D eigenvalue weighted by molar-refractivity contribution is -0.124. The molecule has 0 atom stereocenters. The summed E-state index contributed by atoms with van der Waals surface area (Å²) in [6, 6.07) is 16.8. The first-order valence-electron chi connectivity index (χ1n) is 9.34. The maximum Gasteiger partial charge on any atom is 0.240 e. The van der Waals surface area contributed by atoms with Crippen molar-refractivity contribution in [2.45, 2.75) is 26.7 Å². The van der Waals surface area contributed by atoms with E-state index in [1.165, 1.54) is 6.21 Å². The zero-order valence-electron chi connectivity index (χ0n) is 16.4. The molecule has 3 aromatic carbocycles. The summed E-state index contributed by atoms with van der Waals surface area (Å²) in [6.07, 6.45) is 1.47. The van der Waals surface area contributed by atoms with E-state index in [1.54, 1.807) is 6.07 Å². The molecular weight excluding hydrogens is 366 g/mol. The molecule has 3 rings (SSSR count). The molecule has 6 heteroatoms. The first-order valence-corrected chi connectivity index (χ1v) is 9.34. The number of carbonyl (C=O) groups is 2. The number of phenolic OH excluding ortho intramolecular Hbond substituents is 1. The van der Waals surface area contributed by atoms with Crippen molar-refractivity contribution in [3.05, 3.63) is 71.3 Å². The Labute approximate surface area is 169 Å². The third kappa shape index (κ3) is 5.19. The standard InChI is InChI=1S/C23H23N3O3/c1-15-7-8-16(2)20(13-15)25-22(28)11-12-23(29)26-24-14-19-18-6-4-3-5-17(18)9-10-21(19)27/h3-10,13-14,27H,11-12H2,1-2H3,(H,25,28)(H,26,29)/b24-14+. The van der Waals surface area contributed by atoms with E-state index in [4.69, 9.17) is 0 Å². The van der Waals surface area contributed by atoms with Gasteiger partial charge in [-0.1, -0.05) is 42.5 Å². The number of rotatable bonds is 6. The molecule has 0 radical (unpaired) electrons. The molecule has 0 aliphatic heterocycles. The summed E-state index contributed by atoms with van der Waals surface area (Å²) in [7, 11) is 0. The number of hydrogen-bond donors (Lipinski definition) is 3. The Hall–Kier alpha value is -3.67. The lowest BCUT2D eigenvalue weighted by atomic mass is 10.0. The van der Waals surface area contributed by atoms with E-state index in [0.29, 0.717) is 5.56 Å². The molecule has 0 spiro atoms. The number of hydrogen-bond acceptors (Lipinski definition) is 4. The van der Waals surface area contributed by atoms with Crippen LogP contribution in [0.1, 0.15) is 29.5 Å². The second-order valence-electron chi connectivity index (χ2n) is 6.88. The van der Waals surface area contributed by atoms with Crippen molar-refractivity contribution in [3.8, 4) is 5.75 Å². The minimum atomic E-state index is -0.378. The van der Waals surface area contributed by atoms with Gasteiger partial charge in [0.25, 0.3) is 0 Å². The second kappa shape index (κ2) is 9.01. The van der Waals surface area contributed by atoms with Crippen LogP contribution in [0.4, 0.5) is 5.69 Å². The van der Waals surface area contributed by atoms with Crippen LogP contribution in [-0.4, -0.2) is 23.1 Å². The average Bonchev–Trinajstić information content (AvgIpc) is 2.71. The van der Waals surface area contributed by atoms with Gasteiger partial charge in [-0.25, -0.2) is 5.43 Å². The zero-order valence-corrected chi connectivity index (χ0v) is 16.4. The first-order chi connectivity index (χ1) is 13.9. The van der Waals surface area contributed by atoms with Gasteiger partial charge in [0.1, 0.15) is 5.75 Å². The van der Waals surface area contributed by atoms with E-state index in [0.717, 1.165) is 27.6 Å². The summed E-state index contributed by atoms with van der Waals surface area (Å²) in [4.78, 5) is 24.1. The molecule has 3 aromatic rings. The van der Waals surface area contributed by atoms with Crippen LogP contribution in [0.25, 0.3) is 10.8 Å². The van der Waals surface area contributed by atoms with Gasteiger partial charge in [-0.2, -0.15) is 5.10 Å². The Balaban J connectivity index is 1.55. The van der Waals surface area contributed by atoms with E-state index in [-0.39, 0.29) is 30.4 Å². The smallest absolute Gasteiger partial charge is 0.240 e. The molecule has 2 amide bonds. The molecule has 0 unspecified atom stereocenters. The fourth-order valence-corrected chi connectivity index (χ4v) is 2.95. The molecule has 0 saturated carbocycles. The molecule has 29 heavy (non-hydrogen) atoms. The van der Waals surface area contributed by atoms with Gasteiger partial charge < -0.3 is 10.4 Å². The Morgan fingerprint density at radius 1 is 1.00 bits per heavy atom. The molecule has 0 bridgehead atoms. The van der Waals surface area contributed by atoms with Crippen LogP contribution in [0.3, 0.4) is 0 Å². The Bertz CT molecular complexity index is 1090. The molecule has 0 aliphatic carbocycles. The highest BCUT2D eigenvalue weighted by atomic mass is 16.3. The minimum Gasteiger partial charge on any atom is -0.507 e. The number of fused-ring (bicyclic) bond motifs is 1. The van der Waals surface area contributed by atoms with Crippen molar-refractivity contribution in [3.63, 3.8) is 0 Å². The quantitative estimate of drug-likeness (QED) is 0.439. The predicted molar refractivity (Wildman–Crippen MR) is 115 cm³/mol. The minimum absolute atomic E-state index is 0.00948. The maximum atomic E-state index is 12.1. The summed E-state index contributed by atoms with van der Waals surface area (Å²) < 4.78 is 0. The van der Waals surface area contributed by atoms with Gasteiger partial charge in [0.2, 0.25) is 11.8 Å². The highest BCUT2D eigenvalue weighted by Gasteiger charge is 2.09. The molecule has 3 N–H and O–H groups in total.